The number of methoxy groups -OCH3 is 1. The molecule has 0 unspecified atom stereocenters. The first-order valence-electron chi connectivity index (χ1n) is 6.60. The summed E-state index contributed by atoms with van der Waals surface area (Å²) in [6.07, 6.45) is 1.87. The third-order valence-corrected chi connectivity index (χ3v) is 3.77. The topological polar surface area (TPSA) is 35.5 Å². The summed E-state index contributed by atoms with van der Waals surface area (Å²) in [4.78, 5) is 12.3. The van der Waals surface area contributed by atoms with Gasteiger partial charge in [-0.3, -0.25) is 0 Å². The van der Waals surface area contributed by atoms with Gasteiger partial charge >= 0.3 is 5.97 Å². The number of halogens is 1. The SMILES string of the molecule is CCCCOC(=O)c1c(OC)ccc2ccc(I)cc12. The van der Waals surface area contributed by atoms with E-state index in [0.29, 0.717) is 17.9 Å². The highest BCUT2D eigenvalue weighted by Gasteiger charge is 2.17. The Morgan fingerprint density at radius 3 is 2.70 bits per heavy atom. The van der Waals surface area contributed by atoms with Gasteiger partial charge in [0.2, 0.25) is 0 Å². The van der Waals surface area contributed by atoms with E-state index in [1.807, 2.05) is 30.3 Å². The lowest BCUT2D eigenvalue weighted by atomic mass is 10.0. The molecule has 0 saturated heterocycles. The lowest BCUT2D eigenvalue weighted by Crippen LogP contribution is -2.09. The average Bonchev–Trinajstić information content (AvgIpc) is 2.45. The maximum atomic E-state index is 12.3. The standard InChI is InChI=1S/C16H17IO3/c1-3-4-9-20-16(18)15-13-10-12(17)7-5-11(13)6-8-14(15)19-2/h5-8,10H,3-4,9H2,1-2H3. The zero-order valence-electron chi connectivity index (χ0n) is 11.6. The highest BCUT2D eigenvalue weighted by Crippen LogP contribution is 2.30. The van der Waals surface area contributed by atoms with Crippen molar-refractivity contribution in [3.05, 3.63) is 39.5 Å². The second-order valence-electron chi connectivity index (χ2n) is 4.50. The zero-order valence-corrected chi connectivity index (χ0v) is 13.8. The zero-order chi connectivity index (χ0) is 14.5. The van der Waals surface area contributed by atoms with Gasteiger partial charge in [-0.1, -0.05) is 25.5 Å². The summed E-state index contributed by atoms with van der Waals surface area (Å²) in [5.41, 5.74) is 0.514. The molecule has 0 fully saturated rings. The van der Waals surface area contributed by atoms with Crippen molar-refractivity contribution >= 4 is 39.3 Å². The molecule has 3 nitrogen and oxygen atoms in total. The predicted molar refractivity (Wildman–Crippen MR) is 88.4 cm³/mol. The van der Waals surface area contributed by atoms with Crippen molar-refractivity contribution in [2.45, 2.75) is 19.8 Å². The van der Waals surface area contributed by atoms with Crippen LogP contribution in [-0.4, -0.2) is 19.7 Å². The smallest absolute Gasteiger partial charge is 0.342 e. The summed E-state index contributed by atoms with van der Waals surface area (Å²) in [5.74, 6) is 0.240. The lowest BCUT2D eigenvalue weighted by Gasteiger charge is -2.12. The van der Waals surface area contributed by atoms with Gasteiger partial charge in [-0.05, 0) is 52.6 Å². The second kappa shape index (κ2) is 6.92. The minimum Gasteiger partial charge on any atom is -0.496 e. The average molecular weight is 384 g/mol. The fourth-order valence-corrected chi connectivity index (χ4v) is 2.53. The maximum Gasteiger partial charge on any atom is 0.342 e. The molecule has 2 aromatic carbocycles. The van der Waals surface area contributed by atoms with Crippen molar-refractivity contribution in [3.63, 3.8) is 0 Å². The Hall–Kier alpha value is -1.30. The lowest BCUT2D eigenvalue weighted by molar-refractivity contribution is 0.0498. The van der Waals surface area contributed by atoms with E-state index in [9.17, 15) is 4.79 Å². The summed E-state index contributed by atoms with van der Waals surface area (Å²) in [7, 11) is 1.57. The van der Waals surface area contributed by atoms with Crippen LogP contribution in [0.15, 0.2) is 30.3 Å². The molecule has 2 rings (SSSR count). The van der Waals surface area contributed by atoms with Gasteiger partial charge in [-0.15, -0.1) is 0 Å². The Bertz CT molecular complexity index is 622. The van der Waals surface area contributed by atoms with Crippen LogP contribution in [0, 0.1) is 3.57 Å². The first-order valence-corrected chi connectivity index (χ1v) is 7.68. The van der Waals surface area contributed by atoms with Crippen LogP contribution in [0.5, 0.6) is 5.75 Å². The predicted octanol–water partition coefficient (Wildman–Crippen LogP) is 4.41. The van der Waals surface area contributed by atoms with Gasteiger partial charge in [0.05, 0.1) is 13.7 Å². The van der Waals surface area contributed by atoms with Crippen LogP contribution in [0.25, 0.3) is 10.8 Å². The van der Waals surface area contributed by atoms with Gasteiger partial charge in [0.1, 0.15) is 11.3 Å². The number of esters is 1. The molecule has 4 heteroatoms. The van der Waals surface area contributed by atoms with E-state index in [1.165, 1.54) is 0 Å². The molecule has 0 aliphatic carbocycles. The summed E-state index contributed by atoms with van der Waals surface area (Å²) >= 11 is 2.23. The van der Waals surface area contributed by atoms with Crippen LogP contribution in [0.1, 0.15) is 30.1 Å². The van der Waals surface area contributed by atoms with Crippen molar-refractivity contribution in [2.24, 2.45) is 0 Å². The highest BCUT2D eigenvalue weighted by atomic mass is 127. The molecule has 0 bridgehead atoms. The van der Waals surface area contributed by atoms with Crippen molar-refractivity contribution in [3.8, 4) is 5.75 Å². The van der Waals surface area contributed by atoms with Crippen molar-refractivity contribution in [1.82, 2.24) is 0 Å². The molecule has 20 heavy (non-hydrogen) atoms. The summed E-state index contributed by atoms with van der Waals surface area (Å²) in [6.45, 7) is 2.51. The van der Waals surface area contributed by atoms with Crippen LogP contribution in [0.3, 0.4) is 0 Å². The Balaban J connectivity index is 2.47. The molecule has 0 amide bonds. The fraction of sp³-hybridized carbons (Fsp3) is 0.312. The van der Waals surface area contributed by atoms with E-state index < -0.39 is 0 Å². The summed E-state index contributed by atoms with van der Waals surface area (Å²) in [6, 6.07) is 9.76. The van der Waals surface area contributed by atoms with E-state index in [4.69, 9.17) is 9.47 Å². The Labute approximate surface area is 132 Å². The Kier molecular flexibility index (Phi) is 5.23. The molecule has 0 aliphatic rings. The number of rotatable bonds is 5. The molecule has 0 aromatic heterocycles. The minimum absolute atomic E-state index is 0.317. The number of carbonyl (C=O) groups excluding carboxylic acids is 1. The van der Waals surface area contributed by atoms with E-state index in [-0.39, 0.29) is 5.97 Å². The Morgan fingerprint density at radius 2 is 2.00 bits per heavy atom. The van der Waals surface area contributed by atoms with Crippen molar-refractivity contribution < 1.29 is 14.3 Å². The molecular formula is C16H17IO3. The largest absolute Gasteiger partial charge is 0.496 e. The molecular weight excluding hydrogens is 367 g/mol. The van der Waals surface area contributed by atoms with Crippen LogP contribution >= 0.6 is 22.6 Å². The first-order chi connectivity index (χ1) is 9.67. The fourth-order valence-electron chi connectivity index (χ4n) is 2.03. The molecule has 0 atom stereocenters. The molecule has 0 radical (unpaired) electrons. The molecule has 0 N–H and O–H groups in total. The summed E-state index contributed by atoms with van der Waals surface area (Å²) < 4.78 is 11.7. The van der Waals surface area contributed by atoms with Gasteiger partial charge in [-0.25, -0.2) is 4.79 Å². The summed E-state index contributed by atoms with van der Waals surface area (Å²) in [5, 5.41) is 1.88. The molecule has 0 saturated carbocycles. The normalized spacial score (nSPS) is 10.6. The maximum absolute atomic E-state index is 12.3. The number of hydrogen-bond acceptors (Lipinski definition) is 3. The molecule has 0 aliphatic heterocycles. The molecule has 0 heterocycles. The Morgan fingerprint density at radius 1 is 1.25 bits per heavy atom. The van der Waals surface area contributed by atoms with E-state index in [1.54, 1.807) is 7.11 Å². The second-order valence-corrected chi connectivity index (χ2v) is 5.74. The monoisotopic (exact) mass is 384 g/mol. The van der Waals surface area contributed by atoms with Crippen molar-refractivity contribution in [2.75, 3.05) is 13.7 Å². The number of benzene rings is 2. The van der Waals surface area contributed by atoms with Crippen LogP contribution in [0.2, 0.25) is 0 Å². The van der Waals surface area contributed by atoms with Gasteiger partial charge in [0.15, 0.2) is 0 Å². The van der Waals surface area contributed by atoms with Gasteiger partial charge in [0, 0.05) is 8.96 Å². The molecule has 0 spiro atoms. The third kappa shape index (κ3) is 3.23. The highest BCUT2D eigenvalue weighted by molar-refractivity contribution is 14.1. The number of hydrogen-bond donors (Lipinski definition) is 0. The molecule has 2 aromatic rings. The number of carbonyl (C=O) groups is 1. The van der Waals surface area contributed by atoms with E-state index >= 15 is 0 Å². The van der Waals surface area contributed by atoms with Crippen molar-refractivity contribution in [1.29, 1.82) is 0 Å². The number of unbranched alkanes of at least 4 members (excludes halogenated alkanes) is 1. The van der Waals surface area contributed by atoms with Crippen LogP contribution in [-0.2, 0) is 4.74 Å². The van der Waals surface area contributed by atoms with Gasteiger partial charge in [0.25, 0.3) is 0 Å². The van der Waals surface area contributed by atoms with E-state index in [2.05, 4.69) is 29.5 Å². The quantitative estimate of drug-likeness (QED) is 0.435. The van der Waals surface area contributed by atoms with Gasteiger partial charge in [-0.2, -0.15) is 0 Å². The third-order valence-electron chi connectivity index (χ3n) is 3.10. The minimum atomic E-state index is -0.317. The number of ether oxygens (including phenoxy) is 2. The van der Waals surface area contributed by atoms with Crippen LogP contribution < -0.4 is 4.74 Å². The number of fused-ring (bicyclic) bond motifs is 1. The molecule has 106 valence electrons. The first kappa shape index (κ1) is 15.1. The van der Waals surface area contributed by atoms with Crippen LogP contribution in [0.4, 0.5) is 0 Å². The van der Waals surface area contributed by atoms with Gasteiger partial charge < -0.3 is 9.47 Å². The van der Waals surface area contributed by atoms with E-state index in [0.717, 1.165) is 27.2 Å².